The Labute approximate surface area is 103 Å². The molecule has 0 saturated carbocycles. The van der Waals surface area contributed by atoms with Crippen molar-refractivity contribution in [1.82, 2.24) is 0 Å². The third-order valence-corrected chi connectivity index (χ3v) is 2.23. The van der Waals surface area contributed by atoms with Crippen molar-refractivity contribution in [2.24, 2.45) is 0 Å². The van der Waals surface area contributed by atoms with Gasteiger partial charge in [-0.15, -0.1) is 0 Å². The standard InChI is InChI=1S/C14H22O3/c1-10(2)16-9-13(15)12-7-5-6-8-14(12)17-11(3)4/h5-8,10-11,13,15H,9H2,1-4H3. The van der Waals surface area contributed by atoms with Crippen molar-refractivity contribution < 1.29 is 14.6 Å². The minimum Gasteiger partial charge on any atom is -0.491 e. The van der Waals surface area contributed by atoms with Crippen molar-refractivity contribution >= 4 is 0 Å². The van der Waals surface area contributed by atoms with Crippen LogP contribution in [0.3, 0.4) is 0 Å². The van der Waals surface area contributed by atoms with E-state index in [0.29, 0.717) is 0 Å². The number of ether oxygens (including phenoxy) is 2. The van der Waals surface area contributed by atoms with E-state index in [1.807, 2.05) is 52.0 Å². The quantitative estimate of drug-likeness (QED) is 0.828. The summed E-state index contributed by atoms with van der Waals surface area (Å²) < 4.78 is 11.1. The summed E-state index contributed by atoms with van der Waals surface area (Å²) in [6.45, 7) is 8.12. The molecule has 0 aliphatic carbocycles. The van der Waals surface area contributed by atoms with Crippen LogP contribution in [0.1, 0.15) is 39.4 Å². The first-order chi connectivity index (χ1) is 8.00. The van der Waals surface area contributed by atoms with Gasteiger partial charge in [0.15, 0.2) is 0 Å². The number of aliphatic hydroxyl groups excluding tert-OH is 1. The van der Waals surface area contributed by atoms with Gasteiger partial charge in [-0.2, -0.15) is 0 Å². The molecule has 0 spiro atoms. The number of rotatable bonds is 6. The summed E-state index contributed by atoms with van der Waals surface area (Å²) in [5.74, 6) is 0.724. The van der Waals surface area contributed by atoms with Gasteiger partial charge in [-0.25, -0.2) is 0 Å². The molecule has 1 unspecified atom stereocenters. The topological polar surface area (TPSA) is 38.7 Å². The number of para-hydroxylation sites is 1. The van der Waals surface area contributed by atoms with Gasteiger partial charge in [0.2, 0.25) is 0 Å². The Morgan fingerprint density at radius 1 is 1.06 bits per heavy atom. The van der Waals surface area contributed by atoms with Crippen LogP contribution in [-0.4, -0.2) is 23.9 Å². The van der Waals surface area contributed by atoms with Crippen LogP contribution in [0.15, 0.2) is 24.3 Å². The zero-order valence-electron chi connectivity index (χ0n) is 11.0. The van der Waals surface area contributed by atoms with E-state index in [9.17, 15) is 5.11 Å². The second-order valence-corrected chi connectivity index (χ2v) is 4.60. The molecule has 1 N–H and O–H groups in total. The molecule has 1 atom stereocenters. The van der Waals surface area contributed by atoms with Gasteiger partial charge in [0.25, 0.3) is 0 Å². The van der Waals surface area contributed by atoms with Crippen LogP contribution in [0.4, 0.5) is 0 Å². The maximum absolute atomic E-state index is 10.1. The number of benzene rings is 1. The van der Waals surface area contributed by atoms with E-state index >= 15 is 0 Å². The second kappa shape index (κ2) is 6.62. The molecule has 0 heterocycles. The average Bonchev–Trinajstić information content (AvgIpc) is 2.25. The molecule has 17 heavy (non-hydrogen) atoms. The lowest BCUT2D eigenvalue weighted by molar-refractivity contribution is 0.00357. The summed E-state index contributed by atoms with van der Waals surface area (Å²) in [4.78, 5) is 0. The van der Waals surface area contributed by atoms with E-state index in [0.717, 1.165) is 11.3 Å². The number of aliphatic hydroxyl groups is 1. The van der Waals surface area contributed by atoms with E-state index in [2.05, 4.69) is 0 Å². The fraction of sp³-hybridized carbons (Fsp3) is 0.571. The fourth-order valence-corrected chi connectivity index (χ4v) is 1.49. The van der Waals surface area contributed by atoms with Gasteiger partial charge >= 0.3 is 0 Å². The third kappa shape index (κ3) is 4.75. The minimum atomic E-state index is -0.646. The Kier molecular flexibility index (Phi) is 5.45. The average molecular weight is 238 g/mol. The molecule has 3 heteroatoms. The summed E-state index contributed by atoms with van der Waals surface area (Å²) in [7, 11) is 0. The molecule has 96 valence electrons. The SMILES string of the molecule is CC(C)OCC(O)c1ccccc1OC(C)C. The molecule has 3 nitrogen and oxygen atoms in total. The predicted octanol–water partition coefficient (Wildman–Crippen LogP) is 2.93. The molecule has 0 aromatic heterocycles. The first-order valence-corrected chi connectivity index (χ1v) is 6.06. The third-order valence-electron chi connectivity index (χ3n) is 2.23. The molecule has 0 aliphatic rings. The highest BCUT2D eigenvalue weighted by Crippen LogP contribution is 2.26. The summed E-state index contributed by atoms with van der Waals surface area (Å²) in [5.41, 5.74) is 0.779. The van der Waals surface area contributed by atoms with Crippen molar-refractivity contribution in [2.45, 2.75) is 46.0 Å². The van der Waals surface area contributed by atoms with Crippen LogP contribution >= 0.6 is 0 Å². The Balaban J connectivity index is 2.74. The van der Waals surface area contributed by atoms with Crippen LogP contribution in [0.2, 0.25) is 0 Å². The van der Waals surface area contributed by atoms with E-state index in [-0.39, 0.29) is 18.8 Å². The van der Waals surface area contributed by atoms with Gasteiger partial charge in [-0.3, -0.25) is 0 Å². The van der Waals surface area contributed by atoms with Crippen molar-refractivity contribution in [2.75, 3.05) is 6.61 Å². The molecular weight excluding hydrogens is 216 g/mol. The van der Waals surface area contributed by atoms with Crippen molar-refractivity contribution in [3.63, 3.8) is 0 Å². The smallest absolute Gasteiger partial charge is 0.125 e. The van der Waals surface area contributed by atoms with E-state index in [1.165, 1.54) is 0 Å². The van der Waals surface area contributed by atoms with Crippen molar-refractivity contribution in [1.29, 1.82) is 0 Å². The molecule has 0 radical (unpaired) electrons. The van der Waals surface area contributed by atoms with Crippen LogP contribution in [0.5, 0.6) is 5.75 Å². The minimum absolute atomic E-state index is 0.0920. The Morgan fingerprint density at radius 3 is 2.29 bits per heavy atom. The molecule has 0 fully saturated rings. The first-order valence-electron chi connectivity index (χ1n) is 6.06. The Bertz CT molecular complexity index is 334. The molecular formula is C14H22O3. The zero-order chi connectivity index (χ0) is 12.8. The molecule has 1 aromatic carbocycles. The van der Waals surface area contributed by atoms with Crippen LogP contribution < -0.4 is 4.74 Å². The van der Waals surface area contributed by atoms with Gasteiger partial charge in [0.05, 0.1) is 18.8 Å². The van der Waals surface area contributed by atoms with Crippen molar-refractivity contribution in [3.05, 3.63) is 29.8 Å². The number of hydrogen-bond donors (Lipinski definition) is 1. The van der Waals surface area contributed by atoms with E-state index < -0.39 is 6.10 Å². The van der Waals surface area contributed by atoms with Crippen LogP contribution in [-0.2, 0) is 4.74 Å². The lowest BCUT2D eigenvalue weighted by Crippen LogP contribution is -2.14. The predicted molar refractivity (Wildman–Crippen MR) is 68.3 cm³/mol. The molecule has 0 amide bonds. The van der Waals surface area contributed by atoms with Gasteiger partial charge in [-0.1, -0.05) is 18.2 Å². The zero-order valence-corrected chi connectivity index (χ0v) is 11.0. The van der Waals surface area contributed by atoms with Crippen molar-refractivity contribution in [3.8, 4) is 5.75 Å². The lowest BCUT2D eigenvalue weighted by atomic mass is 10.1. The highest BCUT2D eigenvalue weighted by molar-refractivity contribution is 5.35. The Hall–Kier alpha value is -1.06. The van der Waals surface area contributed by atoms with Gasteiger partial charge in [-0.05, 0) is 33.8 Å². The summed E-state index contributed by atoms with van der Waals surface area (Å²) in [6, 6.07) is 7.53. The highest BCUT2D eigenvalue weighted by Gasteiger charge is 2.14. The fourth-order valence-electron chi connectivity index (χ4n) is 1.49. The lowest BCUT2D eigenvalue weighted by Gasteiger charge is -2.19. The van der Waals surface area contributed by atoms with Crippen LogP contribution in [0.25, 0.3) is 0 Å². The molecule has 0 saturated heterocycles. The normalized spacial score (nSPS) is 13.1. The number of hydrogen-bond acceptors (Lipinski definition) is 3. The monoisotopic (exact) mass is 238 g/mol. The van der Waals surface area contributed by atoms with Gasteiger partial charge in [0.1, 0.15) is 11.9 Å². The second-order valence-electron chi connectivity index (χ2n) is 4.60. The van der Waals surface area contributed by atoms with Gasteiger partial charge in [0, 0.05) is 5.56 Å². The molecule has 1 rings (SSSR count). The summed E-state index contributed by atoms with van der Waals surface area (Å²) in [6.07, 6.45) is -0.440. The van der Waals surface area contributed by atoms with E-state index in [4.69, 9.17) is 9.47 Å². The summed E-state index contributed by atoms with van der Waals surface area (Å²) >= 11 is 0. The molecule has 1 aromatic rings. The first kappa shape index (κ1) is 14.0. The Morgan fingerprint density at radius 2 is 1.71 bits per heavy atom. The van der Waals surface area contributed by atoms with E-state index in [1.54, 1.807) is 0 Å². The molecule has 0 bridgehead atoms. The molecule has 0 aliphatic heterocycles. The summed E-state index contributed by atoms with van der Waals surface area (Å²) in [5, 5.41) is 10.1. The maximum atomic E-state index is 10.1. The van der Waals surface area contributed by atoms with Gasteiger partial charge < -0.3 is 14.6 Å². The highest BCUT2D eigenvalue weighted by atomic mass is 16.5. The van der Waals surface area contributed by atoms with Crippen LogP contribution in [0, 0.1) is 0 Å². The largest absolute Gasteiger partial charge is 0.491 e. The maximum Gasteiger partial charge on any atom is 0.125 e.